The van der Waals surface area contributed by atoms with Gasteiger partial charge in [0.05, 0.1) is 6.61 Å². The predicted octanol–water partition coefficient (Wildman–Crippen LogP) is 1.66. The minimum absolute atomic E-state index is 0.500. The summed E-state index contributed by atoms with van der Waals surface area (Å²) in [7, 11) is 0. The summed E-state index contributed by atoms with van der Waals surface area (Å²) >= 11 is 0. The fourth-order valence-electron chi connectivity index (χ4n) is 1.63. The molecular formula is C8H15NO2. The molecular weight excluding hydrogens is 142 g/mol. The molecule has 0 aliphatic heterocycles. The molecule has 1 aliphatic carbocycles. The van der Waals surface area contributed by atoms with Crippen molar-refractivity contribution in [1.29, 1.82) is 0 Å². The zero-order valence-electron chi connectivity index (χ0n) is 6.71. The summed E-state index contributed by atoms with van der Waals surface area (Å²) in [6, 6.07) is 0. The van der Waals surface area contributed by atoms with Crippen LogP contribution in [-0.4, -0.2) is 12.7 Å². The van der Waals surface area contributed by atoms with E-state index in [0.29, 0.717) is 6.61 Å². The molecule has 0 unspecified atom stereocenters. The molecule has 1 aliphatic rings. The second kappa shape index (κ2) is 4.21. The molecule has 2 N–H and O–H groups in total. The molecule has 11 heavy (non-hydrogen) atoms. The van der Waals surface area contributed by atoms with E-state index in [9.17, 15) is 4.79 Å². The lowest BCUT2D eigenvalue weighted by atomic mass is 10.1. The molecule has 1 saturated carbocycles. The Balaban J connectivity index is 1.98. The first-order valence-corrected chi connectivity index (χ1v) is 4.21. The van der Waals surface area contributed by atoms with Crippen LogP contribution in [-0.2, 0) is 4.74 Å². The van der Waals surface area contributed by atoms with Gasteiger partial charge in [0.1, 0.15) is 0 Å². The lowest BCUT2D eigenvalue weighted by Gasteiger charge is -2.07. The summed E-state index contributed by atoms with van der Waals surface area (Å²) in [5.74, 6) is 0.773. The lowest BCUT2D eigenvalue weighted by Crippen LogP contribution is -2.14. The molecule has 64 valence electrons. The van der Waals surface area contributed by atoms with Crippen molar-refractivity contribution in [2.24, 2.45) is 11.7 Å². The first-order valence-electron chi connectivity index (χ1n) is 4.21. The van der Waals surface area contributed by atoms with E-state index in [1.54, 1.807) is 0 Å². The first-order chi connectivity index (χ1) is 5.29. The number of rotatable bonds is 3. The molecule has 1 rings (SSSR count). The van der Waals surface area contributed by atoms with Crippen LogP contribution >= 0.6 is 0 Å². The van der Waals surface area contributed by atoms with Gasteiger partial charge in [0.25, 0.3) is 0 Å². The van der Waals surface area contributed by atoms with Crippen LogP contribution in [0.15, 0.2) is 0 Å². The van der Waals surface area contributed by atoms with Crippen LogP contribution in [0.1, 0.15) is 32.1 Å². The standard InChI is InChI=1S/C8H15NO2/c9-8(10)11-6-5-7-3-1-2-4-7/h7H,1-6H2,(H2,9,10). The highest BCUT2D eigenvalue weighted by molar-refractivity contribution is 5.64. The van der Waals surface area contributed by atoms with Gasteiger partial charge in [-0.25, -0.2) is 4.79 Å². The Kier molecular flexibility index (Phi) is 3.20. The fourth-order valence-corrected chi connectivity index (χ4v) is 1.63. The third-order valence-corrected chi connectivity index (χ3v) is 2.25. The Bertz CT molecular complexity index is 130. The topological polar surface area (TPSA) is 52.3 Å². The number of amides is 1. The van der Waals surface area contributed by atoms with Gasteiger partial charge in [-0.15, -0.1) is 0 Å². The normalized spacial score (nSPS) is 18.5. The van der Waals surface area contributed by atoms with Crippen molar-refractivity contribution < 1.29 is 9.53 Å². The smallest absolute Gasteiger partial charge is 0.404 e. The van der Waals surface area contributed by atoms with Crippen LogP contribution < -0.4 is 5.73 Å². The second-order valence-electron chi connectivity index (χ2n) is 3.11. The molecule has 0 saturated heterocycles. The van der Waals surface area contributed by atoms with Gasteiger partial charge < -0.3 is 10.5 Å². The van der Waals surface area contributed by atoms with E-state index in [4.69, 9.17) is 5.73 Å². The van der Waals surface area contributed by atoms with Crippen LogP contribution in [0.3, 0.4) is 0 Å². The average molecular weight is 157 g/mol. The molecule has 1 fully saturated rings. The average Bonchev–Trinajstić information content (AvgIpc) is 2.39. The molecule has 0 aromatic carbocycles. The molecule has 0 bridgehead atoms. The van der Waals surface area contributed by atoms with Crippen molar-refractivity contribution in [1.82, 2.24) is 0 Å². The molecule has 0 heterocycles. The number of hydrogen-bond acceptors (Lipinski definition) is 2. The molecule has 1 amide bonds. The minimum atomic E-state index is -0.650. The highest BCUT2D eigenvalue weighted by Crippen LogP contribution is 2.27. The number of carbonyl (C=O) groups excluding carboxylic acids is 1. The van der Waals surface area contributed by atoms with E-state index in [0.717, 1.165) is 12.3 Å². The van der Waals surface area contributed by atoms with Gasteiger partial charge in [0, 0.05) is 0 Å². The van der Waals surface area contributed by atoms with Crippen LogP contribution in [0.5, 0.6) is 0 Å². The maximum atomic E-state index is 10.2. The Morgan fingerprint density at radius 3 is 2.64 bits per heavy atom. The van der Waals surface area contributed by atoms with Gasteiger partial charge in [-0.05, 0) is 12.3 Å². The van der Waals surface area contributed by atoms with Crippen molar-refractivity contribution in [3.63, 3.8) is 0 Å². The van der Waals surface area contributed by atoms with Gasteiger partial charge in [-0.3, -0.25) is 0 Å². The van der Waals surface area contributed by atoms with Gasteiger partial charge in [0.2, 0.25) is 0 Å². The maximum absolute atomic E-state index is 10.2. The maximum Gasteiger partial charge on any atom is 0.404 e. The summed E-state index contributed by atoms with van der Waals surface area (Å²) in [5, 5.41) is 0. The molecule has 3 heteroatoms. The van der Waals surface area contributed by atoms with Crippen molar-refractivity contribution in [3.05, 3.63) is 0 Å². The molecule has 0 spiro atoms. The largest absolute Gasteiger partial charge is 0.450 e. The van der Waals surface area contributed by atoms with E-state index in [1.807, 2.05) is 0 Å². The number of primary amides is 1. The van der Waals surface area contributed by atoms with Crippen molar-refractivity contribution >= 4 is 6.09 Å². The zero-order chi connectivity index (χ0) is 8.10. The predicted molar refractivity (Wildman–Crippen MR) is 42.1 cm³/mol. The minimum Gasteiger partial charge on any atom is -0.450 e. The molecule has 0 aromatic rings. The van der Waals surface area contributed by atoms with E-state index in [-0.39, 0.29) is 0 Å². The highest BCUT2D eigenvalue weighted by atomic mass is 16.5. The second-order valence-corrected chi connectivity index (χ2v) is 3.11. The van der Waals surface area contributed by atoms with Crippen LogP contribution in [0, 0.1) is 5.92 Å². The number of hydrogen-bond donors (Lipinski definition) is 1. The van der Waals surface area contributed by atoms with Crippen molar-refractivity contribution in [3.8, 4) is 0 Å². The lowest BCUT2D eigenvalue weighted by molar-refractivity contribution is 0.149. The monoisotopic (exact) mass is 157 g/mol. The number of ether oxygens (including phenoxy) is 1. The van der Waals surface area contributed by atoms with Gasteiger partial charge in [0.15, 0.2) is 0 Å². The summed E-state index contributed by atoms with van der Waals surface area (Å²) in [5.41, 5.74) is 4.82. The number of carbonyl (C=O) groups is 1. The molecule has 3 nitrogen and oxygen atoms in total. The Labute approximate surface area is 66.9 Å². The van der Waals surface area contributed by atoms with Crippen LogP contribution in [0.4, 0.5) is 4.79 Å². The molecule has 0 radical (unpaired) electrons. The Morgan fingerprint density at radius 2 is 2.09 bits per heavy atom. The third kappa shape index (κ3) is 3.25. The summed E-state index contributed by atoms with van der Waals surface area (Å²) in [6.45, 7) is 0.500. The molecule has 0 aromatic heterocycles. The van der Waals surface area contributed by atoms with Crippen molar-refractivity contribution in [2.75, 3.05) is 6.61 Å². The summed E-state index contributed by atoms with van der Waals surface area (Å²) < 4.78 is 4.64. The fraction of sp³-hybridized carbons (Fsp3) is 0.875. The van der Waals surface area contributed by atoms with Gasteiger partial charge in [-0.2, -0.15) is 0 Å². The summed E-state index contributed by atoms with van der Waals surface area (Å²) in [4.78, 5) is 10.2. The zero-order valence-corrected chi connectivity index (χ0v) is 6.71. The van der Waals surface area contributed by atoms with E-state index in [2.05, 4.69) is 4.74 Å². The Morgan fingerprint density at radius 1 is 1.45 bits per heavy atom. The summed E-state index contributed by atoms with van der Waals surface area (Å²) in [6.07, 6.45) is 5.60. The Hall–Kier alpha value is -0.730. The quantitative estimate of drug-likeness (QED) is 0.677. The van der Waals surface area contributed by atoms with E-state index in [1.165, 1.54) is 25.7 Å². The SMILES string of the molecule is NC(=O)OCCC1CCCC1. The van der Waals surface area contributed by atoms with Gasteiger partial charge >= 0.3 is 6.09 Å². The first kappa shape index (κ1) is 8.37. The highest BCUT2D eigenvalue weighted by Gasteiger charge is 2.14. The van der Waals surface area contributed by atoms with Crippen LogP contribution in [0.2, 0.25) is 0 Å². The van der Waals surface area contributed by atoms with Gasteiger partial charge in [-0.1, -0.05) is 25.7 Å². The third-order valence-electron chi connectivity index (χ3n) is 2.25. The van der Waals surface area contributed by atoms with E-state index < -0.39 is 6.09 Å². The van der Waals surface area contributed by atoms with E-state index >= 15 is 0 Å². The number of nitrogens with two attached hydrogens (primary N) is 1. The van der Waals surface area contributed by atoms with Crippen molar-refractivity contribution in [2.45, 2.75) is 32.1 Å². The van der Waals surface area contributed by atoms with Crippen LogP contribution in [0.25, 0.3) is 0 Å². The molecule has 0 atom stereocenters.